The van der Waals surface area contributed by atoms with E-state index in [-0.39, 0.29) is 0 Å². The number of methoxy groups -OCH3 is 2. The molecule has 0 spiro atoms. The molecule has 1 heterocycles. The molecule has 2 rings (SSSR count). The molecule has 0 saturated heterocycles. The van der Waals surface area contributed by atoms with Gasteiger partial charge in [-0.1, -0.05) is 11.8 Å². The number of benzene rings is 1. The third-order valence-corrected chi connectivity index (χ3v) is 3.72. The minimum absolute atomic E-state index is 0.645. The molecule has 0 fully saturated rings. The van der Waals surface area contributed by atoms with E-state index in [1.807, 2.05) is 24.3 Å². The monoisotopic (exact) mass is 277 g/mol. The number of pyridine rings is 1. The highest BCUT2D eigenvalue weighted by Gasteiger charge is 2.09. The molecule has 4 nitrogen and oxygen atoms in total. The smallest absolute Gasteiger partial charge is 0.251 e. The Morgan fingerprint density at radius 1 is 1.16 bits per heavy atom. The van der Waals surface area contributed by atoms with Gasteiger partial charge in [0.25, 0.3) is 5.03 Å². The summed E-state index contributed by atoms with van der Waals surface area (Å²) in [7, 11) is 3.26. The first-order valence-electron chi connectivity index (χ1n) is 5.76. The van der Waals surface area contributed by atoms with E-state index in [4.69, 9.17) is 9.47 Å². The summed E-state index contributed by atoms with van der Waals surface area (Å²) in [5.41, 5.74) is 0.996. The summed E-state index contributed by atoms with van der Waals surface area (Å²) >= 11 is 1.46. The highest BCUT2D eigenvalue weighted by atomic mass is 32.2. The van der Waals surface area contributed by atoms with E-state index in [0.717, 1.165) is 21.8 Å². The fraction of sp³-hybridized carbons (Fsp3) is 0.214. The van der Waals surface area contributed by atoms with Gasteiger partial charge < -0.3 is 14.7 Å². The number of aromatic nitrogens is 1. The van der Waals surface area contributed by atoms with Crippen molar-refractivity contribution < 1.29 is 14.2 Å². The van der Waals surface area contributed by atoms with Gasteiger partial charge in [0.2, 0.25) is 0 Å². The van der Waals surface area contributed by atoms with Gasteiger partial charge in [0.15, 0.2) is 6.20 Å². The summed E-state index contributed by atoms with van der Waals surface area (Å²) in [6.45, 7) is 0. The van der Waals surface area contributed by atoms with Crippen LogP contribution in [-0.4, -0.2) is 14.2 Å². The van der Waals surface area contributed by atoms with Crippen molar-refractivity contribution in [3.05, 3.63) is 53.4 Å². The molecule has 0 radical (unpaired) electrons. The number of hydrogen-bond acceptors (Lipinski definition) is 4. The lowest BCUT2D eigenvalue weighted by Gasteiger charge is -2.10. The number of thioether (sulfide) groups is 1. The van der Waals surface area contributed by atoms with E-state index in [0.29, 0.717) is 10.8 Å². The van der Waals surface area contributed by atoms with Crippen molar-refractivity contribution in [2.45, 2.75) is 10.8 Å². The van der Waals surface area contributed by atoms with Gasteiger partial charge in [-0.25, -0.2) is 0 Å². The van der Waals surface area contributed by atoms with E-state index in [1.165, 1.54) is 18.0 Å². The molecule has 19 heavy (non-hydrogen) atoms. The maximum absolute atomic E-state index is 11.6. The van der Waals surface area contributed by atoms with Gasteiger partial charge in [0.1, 0.15) is 11.5 Å². The fourth-order valence-electron chi connectivity index (χ4n) is 1.67. The van der Waals surface area contributed by atoms with Crippen molar-refractivity contribution in [1.29, 1.82) is 0 Å². The van der Waals surface area contributed by atoms with Gasteiger partial charge in [-0.2, -0.15) is 4.73 Å². The van der Waals surface area contributed by atoms with Crippen LogP contribution >= 0.6 is 11.8 Å². The highest BCUT2D eigenvalue weighted by molar-refractivity contribution is 7.98. The molecular formula is C14H15NO3S. The Morgan fingerprint density at radius 2 is 2.00 bits per heavy atom. The highest BCUT2D eigenvalue weighted by Crippen LogP contribution is 2.29. The largest absolute Gasteiger partial charge is 0.618 e. The quantitative estimate of drug-likeness (QED) is 0.479. The fourth-order valence-corrected chi connectivity index (χ4v) is 2.56. The summed E-state index contributed by atoms with van der Waals surface area (Å²) in [4.78, 5) is 0. The van der Waals surface area contributed by atoms with E-state index < -0.39 is 0 Å². The van der Waals surface area contributed by atoms with Crippen LogP contribution in [0.25, 0.3) is 0 Å². The normalized spacial score (nSPS) is 10.2. The Balaban J connectivity index is 2.16. The second-order valence-corrected chi connectivity index (χ2v) is 4.83. The lowest BCUT2D eigenvalue weighted by Crippen LogP contribution is -2.27. The Kier molecular flexibility index (Phi) is 4.52. The zero-order chi connectivity index (χ0) is 13.7. The van der Waals surface area contributed by atoms with Crippen molar-refractivity contribution in [2.75, 3.05) is 14.2 Å². The molecule has 2 aromatic rings. The van der Waals surface area contributed by atoms with Gasteiger partial charge in [-0.3, -0.25) is 0 Å². The first kappa shape index (κ1) is 13.5. The summed E-state index contributed by atoms with van der Waals surface area (Å²) in [6.07, 6.45) is 1.49. The molecule has 0 saturated carbocycles. The zero-order valence-electron chi connectivity index (χ0n) is 10.8. The van der Waals surface area contributed by atoms with Gasteiger partial charge in [-0.05, 0) is 24.3 Å². The van der Waals surface area contributed by atoms with Crippen LogP contribution in [0.3, 0.4) is 0 Å². The third-order valence-electron chi connectivity index (χ3n) is 2.65. The molecule has 1 aromatic carbocycles. The summed E-state index contributed by atoms with van der Waals surface area (Å²) in [5.74, 6) is 2.22. The average Bonchev–Trinajstić information content (AvgIpc) is 2.46. The lowest BCUT2D eigenvalue weighted by molar-refractivity contribution is -0.645. The molecule has 1 aromatic heterocycles. The van der Waals surface area contributed by atoms with Crippen molar-refractivity contribution in [3.63, 3.8) is 0 Å². The molecular weight excluding hydrogens is 262 g/mol. The maximum atomic E-state index is 11.6. The average molecular weight is 277 g/mol. The summed E-state index contributed by atoms with van der Waals surface area (Å²) < 4.78 is 11.4. The third kappa shape index (κ3) is 3.32. The van der Waals surface area contributed by atoms with Crippen LogP contribution in [0.2, 0.25) is 0 Å². The molecule has 0 amide bonds. The second kappa shape index (κ2) is 6.33. The van der Waals surface area contributed by atoms with Gasteiger partial charge in [0.05, 0.1) is 14.2 Å². The van der Waals surface area contributed by atoms with Crippen LogP contribution in [0.15, 0.2) is 47.6 Å². The van der Waals surface area contributed by atoms with Crippen LogP contribution in [0.5, 0.6) is 11.5 Å². The molecule has 0 unspecified atom stereocenters. The number of nitrogens with zero attached hydrogens (tertiary/aromatic N) is 1. The van der Waals surface area contributed by atoms with Crippen molar-refractivity contribution in [3.8, 4) is 11.5 Å². The second-order valence-electron chi connectivity index (χ2n) is 3.83. The summed E-state index contributed by atoms with van der Waals surface area (Å²) in [6, 6.07) is 11.0. The molecule has 0 aliphatic carbocycles. The first-order valence-corrected chi connectivity index (χ1v) is 6.75. The number of ether oxygens (including phenoxy) is 2. The Labute approximate surface area is 116 Å². The molecule has 0 N–H and O–H groups in total. The van der Waals surface area contributed by atoms with Crippen LogP contribution in [0, 0.1) is 5.21 Å². The van der Waals surface area contributed by atoms with Gasteiger partial charge in [0, 0.05) is 23.4 Å². The minimum Gasteiger partial charge on any atom is -0.618 e. The molecule has 0 aliphatic heterocycles. The maximum Gasteiger partial charge on any atom is 0.251 e. The SMILES string of the molecule is COc1ccc(OC)c(CSc2cccc[n+]2[O-])c1. The predicted octanol–water partition coefficient (Wildman–Crippen LogP) is 2.63. The van der Waals surface area contributed by atoms with Crippen LogP contribution in [-0.2, 0) is 5.75 Å². The van der Waals surface area contributed by atoms with Crippen molar-refractivity contribution in [1.82, 2.24) is 0 Å². The zero-order valence-corrected chi connectivity index (χ0v) is 11.6. The lowest BCUT2D eigenvalue weighted by atomic mass is 10.2. The molecule has 0 bridgehead atoms. The number of rotatable bonds is 5. The van der Waals surface area contributed by atoms with Crippen LogP contribution in [0.4, 0.5) is 0 Å². The molecule has 0 atom stereocenters. The molecule has 100 valence electrons. The van der Waals surface area contributed by atoms with Crippen molar-refractivity contribution in [2.24, 2.45) is 0 Å². The van der Waals surface area contributed by atoms with E-state index >= 15 is 0 Å². The summed E-state index contributed by atoms with van der Waals surface area (Å²) in [5, 5.41) is 12.2. The van der Waals surface area contributed by atoms with Gasteiger partial charge in [-0.15, -0.1) is 0 Å². The topological polar surface area (TPSA) is 45.4 Å². The van der Waals surface area contributed by atoms with E-state index in [2.05, 4.69) is 0 Å². The Morgan fingerprint density at radius 3 is 2.68 bits per heavy atom. The molecule has 0 aliphatic rings. The van der Waals surface area contributed by atoms with Crippen molar-refractivity contribution >= 4 is 11.8 Å². The molecule has 5 heteroatoms. The Hall–Kier alpha value is -1.88. The van der Waals surface area contributed by atoms with Crippen LogP contribution in [0.1, 0.15) is 5.56 Å². The standard InChI is InChI=1S/C14H15NO3S/c1-17-12-6-7-13(18-2)11(9-12)10-19-14-5-3-4-8-15(14)16/h3-9H,10H2,1-2H3. The predicted molar refractivity (Wildman–Crippen MR) is 74.5 cm³/mol. The van der Waals surface area contributed by atoms with Gasteiger partial charge >= 0.3 is 0 Å². The minimum atomic E-state index is 0.645. The van der Waals surface area contributed by atoms with E-state index in [9.17, 15) is 5.21 Å². The van der Waals surface area contributed by atoms with E-state index in [1.54, 1.807) is 26.4 Å². The first-order chi connectivity index (χ1) is 9.24. The Bertz CT molecular complexity index is 560. The van der Waals surface area contributed by atoms with Crippen LogP contribution < -0.4 is 14.2 Å². The number of hydrogen-bond donors (Lipinski definition) is 0.